The van der Waals surface area contributed by atoms with E-state index < -0.39 is 18.1 Å². The molecule has 2 N–H and O–H groups in total. The highest BCUT2D eigenvalue weighted by molar-refractivity contribution is 5.02. The Kier molecular flexibility index (Phi) is 5.43. The highest BCUT2D eigenvalue weighted by Crippen LogP contribution is 2.40. The van der Waals surface area contributed by atoms with Crippen LogP contribution in [0, 0.1) is 5.92 Å². The zero-order chi connectivity index (χ0) is 13.8. The summed E-state index contributed by atoms with van der Waals surface area (Å²) in [6.07, 6.45) is -2.84. The van der Waals surface area contributed by atoms with Gasteiger partial charge >= 0.3 is 6.18 Å². The molecule has 0 spiro atoms. The molecule has 0 saturated heterocycles. The molecule has 1 fully saturated rings. The molecular formula is C12H23F3N2O. The second-order valence-corrected chi connectivity index (χ2v) is 5.22. The summed E-state index contributed by atoms with van der Waals surface area (Å²) in [4.78, 5) is 1.66. The smallest absolute Gasteiger partial charge is 0.390 e. The minimum Gasteiger partial charge on any atom is -0.394 e. The summed E-state index contributed by atoms with van der Waals surface area (Å²) in [5, 5.41) is 12.8. The van der Waals surface area contributed by atoms with Crippen LogP contribution in [0.5, 0.6) is 0 Å². The predicted octanol–water partition coefficient (Wildman–Crippen LogP) is 1.62. The molecular weight excluding hydrogens is 245 g/mol. The Morgan fingerprint density at radius 2 is 1.94 bits per heavy atom. The maximum atomic E-state index is 12.2. The van der Waals surface area contributed by atoms with E-state index in [0.717, 1.165) is 12.8 Å². The molecule has 1 atom stereocenters. The Morgan fingerprint density at radius 3 is 2.33 bits per heavy atom. The fraction of sp³-hybridized carbons (Fsp3) is 1.00. The van der Waals surface area contributed by atoms with Gasteiger partial charge in [0.25, 0.3) is 0 Å². The molecule has 0 aromatic carbocycles. The van der Waals surface area contributed by atoms with Gasteiger partial charge in [-0.2, -0.15) is 13.2 Å². The van der Waals surface area contributed by atoms with E-state index >= 15 is 0 Å². The van der Waals surface area contributed by atoms with Gasteiger partial charge in [-0.1, -0.05) is 6.92 Å². The lowest BCUT2D eigenvalue weighted by Crippen LogP contribution is -2.57. The lowest BCUT2D eigenvalue weighted by atomic mass is 9.93. The van der Waals surface area contributed by atoms with Gasteiger partial charge in [-0.05, 0) is 32.4 Å². The van der Waals surface area contributed by atoms with Gasteiger partial charge in [0.05, 0.1) is 18.6 Å². The normalized spacial score (nSPS) is 20.2. The highest BCUT2D eigenvalue weighted by Gasteiger charge is 2.45. The number of aliphatic hydroxyl groups is 1. The van der Waals surface area contributed by atoms with Gasteiger partial charge in [-0.15, -0.1) is 0 Å². The van der Waals surface area contributed by atoms with Gasteiger partial charge in [0.2, 0.25) is 0 Å². The molecule has 1 saturated carbocycles. The van der Waals surface area contributed by atoms with Crippen molar-refractivity contribution in [2.24, 2.45) is 5.92 Å². The van der Waals surface area contributed by atoms with Crippen molar-refractivity contribution in [3.63, 3.8) is 0 Å². The zero-order valence-electron chi connectivity index (χ0n) is 11.1. The first-order chi connectivity index (χ1) is 8.33. The lowest BCUT2D eigenvalue weighted by molar-refractivity contribution is -0.138. The van der Waals surface area contributed by atoms with Gasteiger partial charge < -0.3 is 15.3 Å². The van der Waals surface area contributed by atoms with Crippen LogP contribution < -0.4 is 5.32 Å². The Bertz CT molecular complexity index is 256. The van der Waals surface area contributed by atoms with Crippen LogP contribution in [0.3, 0.4) is 0 Å². The Hall–Kier alpha value is -0.330. The van der Waals surface area contributed by atoms with E-state index in [1.54, 1.807) is 11.9 Å². The summed E-state index contributed by atoms with van der Waals surface area (Å²) in [6, 6.07) is 0. The number of hydrogen-bond donors (Lipinski definition) is 2. The van der Waals surface area contributed by atoms with Gasteiger partial charge in [-0.3, -0.25) is 0 Å². The summed E-state index contributed by atoms with van der Waals surface area (Å²) in [7, 11) is 1.68. The van der Waals surface area contributed by atoms with Crippen LogP contribution in [0.25, 0.3) is 0 Å². The topological polar surface area (TPSA) is 35.5 Å². The molecule has 1 aliphatic rings. The van der Waals surface area contributed by atoms with Gasteiger partial charge in [0.15, 0.2) is 0 Å². The van der Waals surface area contributed by atoms with Crippen molar-refractivity contribution in [3.8, 4) is 0 Å². The molecule has 0 bridgehead atoms. The summed E-state index contributed by atoms with van der Waals surface area (Å²) < 4.78 is 36.5. The van der Waals surface area contributed by atoms with Gasteiger partial charge in [0, 0.05) is 13.1 Å². The number of likely N-dealkylation sites (N-methyl/N-ethyl adjacent to an activating group) is 2. The van der Waals surface area contributed by atoms with E-state index in [2.05, 4.69) is 5.32 Å². The van der Waals surface area contributed by atoms with E-state index in [-0.39, 0.29) is 13.2 Å². The molecule has 0 heterocycles. The standard InChI is InChI=1S/C12H23F3N2O/c1-3-16-11(9-18,10-4-5-10)8-17(2)7-6-12(13,14)15/h10,16,18H,3-9H2,1-2H3. The molecule has 108 valence electrons. The van der Waals surface area contributed by atoms with Crippen LogP contribution in [-0.4, -0.2) is 55.0 Å². The molecule has 0 amide bonds. The second-order valence-electron chi connectivity index (χ2n) is 5.22. The quantitative estimate of drug-likeness (QED) is 0.702. The molecule has 1 aliphatic carbocycles. The van der Waals surface area contributed by atoms with E-state index in [0.29, 0.717) is 19.0 Å². The molecule has 0 aromatic heterocycles. The van der Waals surface area contributed by atoms with Crippen LogP contribution >= 0.6 is 0 Å². The van der Waals surface area contributed by atoms with Crippen LogP contribution in [0.1, 0.15) is 26.2 Å². The van der Waals surface area contributed by atoms with Crippen molar-refractivity contribution in [1.29, 1.82) is 0 Å². The second kappa shape index (κ2) is 6.21. The van der Waals surface area contributed by atoms with Crippen molar-refractivity contribution in [2.75, 3.05) is 33.3 Å². The van der Waals surface area contributed by atoms with Crippen LogP contribution in [-0.2, 0) is 0 Å². The number of halogens is 3. The molecule has 3 nitrogen and oxygen atoms in total. The summed E-state index contributed by atoms with van der Waals surface area (Å²) in [6.45, 7) is 3.07. The Labute approximate surface area is 106 Å². The molecule has 0 aromatic rings. The molecule has 0 radical (unpaired) electrons. The zero-order valence-corrected chi connectivity index (χ0v) is 11.1. The molecule has 0 aliphatic heterocycles. The first kappa shape index (κ1) is 15.7. The number of alkyl halides is 3. The number of rotatable bonds is 8. The predicted molar refractivity (Wildman–Crippen MR) is 64.4 cm³/mol. The highest BCUT2D eigenvalue weighted by atomic mass is 19.4. The minimum atomic E-state index is -4.12. The van der Waals surface area contributed by atoms with Gasteiger partial charge in [0.1, 0.15) is 0 Å². The van der Waals surface area contributed by atoms with E-state index in [4.69, 9.17) is 0 Å². The Morgan fingerprint density at radius 1 is 1.33 bits per heavy atom. The number of nitrogens with one attached hydrogen (secondary N) is 1. The summed E-state index contributed by atoms with van der Waals surface area (Å²) >= 11 is 0. The molecule has 6 heteroatoms. The van der Waals surface area contributed by atoms with Crippen molar-refractivity contribution in [3.05, 3.63) is 0 Å². The lowest BCUT2D eigenvalue weighted by Gasteiger charge is -2.37. The number of aliphatic hydroxyl groups excluding tert-OH is 1. The summed E-state index contributed by atoms with van der Waals surface area (Å²) in [5.74, 6) is 0.385. The molecule has 1 unspecified atom stereocenters. The molecule has 18 heavy (non-hydrogen) atoms. The third-order valence-electron chi connectivity index (χ3n) is 3.50. The third-order valence-corrected chi connectivity index (χ3v) is 3.50. The third kappa shape index (κ3) is 4.74. The van der Waals surface area contributed by atoms with Crippen molar-refractivity contribution in [2.45, 2.75) is 37.9 Å². The van der Waals surface area contributed by atoms with E-state index in [9.17, 15) is 18.3 Å². The summed E-state index contributed by atoms with van der Waals surface area (Å²) in [5.41, 5.74) is -0.435. The fourth-order valence-corrected chi connectivity index (χ4v) is 2.43. The maximum absolute atomic E-state index is 12.2. The van der Waals surface area contributed by atoms with Crippen LogP contribution in [0.15, 0.2) is 0 Å². The average Bonchev–Trinajstić information content (AvgIpc) is 3.09. The monoisotopic (exact) mass is 268 g/mol. The van der Waals surface area contributed by atoms with E-state index in [1.165, 1.54) is 0 Å². The van der Waals surface area contributed by atoms with Crippen LogP contribution in [0.2, 0.25) is 0 Å². The Balaban J connectivity index is 2.49. The largest absolute Gasteiger partial charge is 0.394 e. The van der Waals surface area contributed by atoms with Crippen LogP contribution in [0.4, 0.5) is 13.2 Å². The number of nitrogens with zero attached hydrogens (tertiary/aromatic N) is 1. The average molecular weight is 268 g/mol. The first-order valence-electron chi connectivity index (χ1n) is 6.44. The van der Waals surface area contributed by atoms with Crippen molar-refractivity contribution in [1.82, 2.24) is 10.2 Å². The fourth-order valence-electron chi connectivity index (χ4n) is 2.43. The number of hydrogen-bond acceptors (Lipinski definition) is 3. The molecule has 1 rings (SSSR count). The first-order valence-corrected chi connectivity index (χ1v) is 6.44. The van der Waals surface area contributed by atoms with Crippen molar-refractivity contribution >= 4 is 0 Å². The van der Waals surface area contributed by atoms with E-state index in [1.807, 2.05) is 6.92 Å². The van der Waals surface area contributed by atoms with Crippen molar-refractivity contribution < 1.29 is 18.3 Å². The SMILES string of the molecule is CCNC(CO)(CN(C)CCC(F)(F)F)C1CC1. The van der Waals surface area contributed by atoms with Gasteiger partial charge in [-0.25, -0.2) is 0 Å². The minimum absolute atomic E-state index is 0.0244. The maximum Gasteiger partial charge on any atom is 0.390 e.